The van der Waals surface area contributed by atoms with Crippen molar-refractivity contribution in [2.75, 3.05) is 25.7 Å². The molecular formula is C31H27NO6S3. The maximum Gasteiger partial charge on any atom is 0.346 e. The number of anilines is 1. The molecule has 0 saturated carbocycles. The Labute approximate surface area is 251 Å². The highest BCUT2D eigenvalue weighted by Gasteiger charge is 2.46. The van der Waals surface area contributed by atoms with E-state index in [1.165, 1.54) is 14.2 Å². The third-order valence-corrected chi connectivity index (χ3v) is 10.2. The number of fused-ring (bicyclic) bond motifs is 2. The number of methoxy groups -OCH3 is 2. The number of carbonyl (C=O) groups is 3. The van der Waals surface area contributed by atoms with Gasteiger partial charge < -0.3 is 14.2 Å². The fraction of sp³-hybridized carbons (Fsp3) is 0.226. The van der Waals surface area contributed by atoms with Gasteiger partial charge in [0.05, 0.1) is 34.5 Å². The highest BCUT2D eigenvalue weighted by atomic mass is 32.2. The number of rotatable bonds is 5. The Morgan fingerprint density at radius 3 is 2.15 bits per heavy atom. The number of ether oxygens (including phenoxy) is 3. The van der Waals surface area contributed by atoms with Crippen molar-refractivity contribution in [3.05, 3.63) is 85.8 Å². The Morgan fingerprint density at radius 1 is 0.878 bits per heavy atom. The van der Waals surface area contributed by atoms with Crippen molar-refractivity contribution in [1.82, 2.24) is 0 Å². The van der Waals surface area contributed by atoms with Crippen LogP contribution in [0.5, 0.6) is 5.75 Å². The number of para-hydroxylation sites is 1. The molecule has 0 unspecified atom stereocenters. The Kier molecular flexibility index (Phi) is 8.00. The van der Waals surface area contributed by atoms with Crippen LogP contribution in [0.4, 0.5) is 5.69 Å². The van der Waals surface area contributed by atoms with Gasteiger partial charge in [-0.3, -0.25) is 9.69 Å². The van der Waals surface area contributed by atoms with Crippen molar-refractivity contribution >= 4 is 80.5 Å². The van der Waals surface area contributed by atoms with Crippen molar-refractivity contribution in [3.63, 3.8) is 0 Å². The molecule has 0 atom stereocenters. The van der Waals surface area contributed by atoms with E-state index in [9.17, 15) is 14.4 Å². The first-order chi connectivity index (χ1) is 19.6. The lowest BCUT2D eigenvalue weighted by Gasteiger charge is -2.45. The largest absolute Gasteiger partial charge is 0.484 e. The first-order valence-electron chi connectivity index (χ1n) is 12.7. The molecule has 41 heavy (non-hydrogen) atoms. The fourth-order valence-corrected chi connectivity index (χ4v) is 7.96. The van der Waals surface area contributed by atoms with Gasteiger partial charge in [0.1, 0.15) is 15.6 Å². The molecule has 0 N–H and O–H groups in total. The number of esters is 2. The van der Waals surface area contributed by atoms with Crippen LogP contribution < -0.4 is 9.64 Å². The first kappa shape index (κ1) is 28.9. The number of carbonyl (C=O) groups excluding carboxylic acids is 3. The number of benzene rings is 3. The average molecular weight is 606 g/mol. The van der Waals surface area contributed by atoms with Crippen molar-refractivity contribution in [3.8, 4) is 5.75 Å². The summed E-state index contributed by atoms with van der Waals surface area (Å²) in [5, 5.41) is 2.11. The summed E-state index contributed by atoms with van der Waals surface area (Å²) >= 11 is 8.29. The van der Waals surface area contributed by atoms with Gasteiger partial charge in [0.25, 0.3) is 5.91 Å². The SMILES string of the molecule is COC(=O)C1=C(C(=O)OC)SC(=C2C(=S)C(C)(C)N(C(=O)COc3ccc4ccccc4c3)c3c(C)cccc32)S1. The van der Waals surface area contributed by atoms with Crippen molar-refractivity contribution in [2.24, 2.45) is 0 Å². The van der Waals surface area contributed by atoms with Gasteiger partial charge in [-0.15, -0.1) is 0 Å². The normalized spacial score (nSPS) is 16.1. The molecule has 0 radical (unpaired) electrons. The summed E-state index contributed by atoms with van der Waals surface area (Å²) in [6.07, 6.45) is 0. The predicted molar refractivity (Wildman–Crippen MR) is 168 cm³/mol. The molecule has 2 heterocycles. The van der Waals surface area contributed by atoms with Gasteiger partial charge in [-0.1, -0.05) is 84.3 Å². The van der Waals surface area contributed by atoms with Gasteiger partial charge in [0.15, 0.2) is 6.61 Å². The average Bonchev–Trinajstić information content (AvgIpc) is 3.41. The van der Waals surface area contributed by atoms with Crippen LogP contribution in [-0.2, 0) is 23.9 Å². The van der Waals surface area contributed by atoms with Gasteiger partial charge in [0, 0.05) is 11.1 Å². The molecule has 0 saturated heterocycles. The fourth-order valence-electron chi connectivity index (χ4n) is 4.93. The molecule has 0 fully saturated rings. The molecule has 2 aliphatic heterocycles. The summed E-state index contributed by atoms with van der Waals surface area (Å²) in [5.41, 5.74) is 2.07. The molecular weight excluding hydrogens is 579 g/mol. The summed E-state index contributed by atoms with van der Waals surface area (Å²) in [7, 11) is 2.52. The quantitative estimate of drug-likeness (QED) is 0.186. The summed E-state index contributed by atoms with van der Waals surface area (Å²) in [6.45, 7) is 5.52. The zero-order valence-electron chi connectivity index (χ0n) is 23.1. The van der Waals surface area contributed by atoms with Crippen LogP contribution in [-0.4, -0.2) is 49.1 Å². The molecule has 2 aliphatic rings. The molecule has 210 valence electrons. The molecule has 7 nitrogen and oxygen atoms in total. The maximum absolute atomic E-state index is 13.9. The highest BCUT2D eigenvalue weighted by Crippen LogP contribution is 2.56. The van der Waals surface area contributed by atoms with Crippen LogP contribution >= 0.6 is 35.7 Å². The molecule has 1 amide bonds. The standard InChI is InChI=1S/C31H27NO6S3/c1-17-9-8-12-21-23(30-40-25(28(34)36-4)26(41-30)29(35)37-5)27(39)31(2,3)32(24(17)21)22(33)16-38-20-14-13-18-10-6-7-11-19(18)15-20/h6-15H,16H2,1-5H3. The van der Waals surface area contributed by atoms with Crippen LogP contribution in [0.25, 0.3) is 16.3 Å². The Balaban J connectivity index is 1.53. The third-order valence-electron chi connectivity index (χ3n) is 6.95. The van der Waals surface area contributed by atoms with Gasteiger partial charge in [-0.25, -0.2) is 9.59 Å². The highest BCUT2D eigenvalue weighted by molar-refractivity contribution is 8.29. The minimum absolute atomic E-state index is 0.143. The number of aryl methyl sites for hydroxylation is 1. The van der Waals surface area contributed by atoms with Crippen LogP contribution in [0, 0.1) is 6.92 Å². The van der Waals surface area contributed by atoms with E-state index in [0.29, 0.717) is 26.1 Å². The lowest BCUT2D eigenvalue weighted by atomic mass is 9.82. The van der Waals surface area contributed by atoms with Gasteiger partial charge in [-0.2, -0.15) is 0 Å². The number of thiocarbonyl (C=S) groups is 1. The molecule has 5 rings (SSSR count). The Hall–Kier alpha value is -3.60. The van der Waals surface area contributed by atoms with Crippen molar-refractivity contribution in [1.29, 1.82) is 0 Å². The molecule has 3 aromatic rings. The van der Waals surface area contributed by atoms with Crippen LogP contribution in [0.1, 0.15) is 25.0 Å². The smallest absolute Gasteiger partial charge is 0.346 e. The zero-order valence-corrected chi connectivity index (χ0v) is 25.6. The lowest BCUT2D eigenvalue weighted by molar-refractivity contribution is -0.138. The van der Waals surface area contributed by atoms with Gasteiger partial charge in [0.2, 0.25) is 0 Å². The summed E-state index contributed by atoms with van der Waals surface area (Å²) in [5.74, 6) is -0.920. The van der Waals surface area contributed by atoms with Crippen LogP contribution in [0.2, 0.25) is 0 Å². The minimum atomic E-state index is -0.929. The number of hydrogen-bond donors (Lipinski definition) is 0. The number of amides is 1. The van der Waals surface area contributed by atoms with Gasteiger partial charge in [-0.05, 0) is 49.2 Å². The second kappa shape index (κ2) is 11.3. The van der Waals surface area contributed by atoms with Crippen LogP contribution in [0.15, 0.2) is 74.7 Å². The molecule has 3 aromatic carbocycles. The Bertz CT molecular complexity index is 1660. The molecule has 0 aliphatic carbocycles. The van der Waals surface area contributed by atoms with E-state index in [2.05, 4.69) is 0 Å². The van der Waals surface area contributed by atoms with Gasteiger partial charge >= 0.3 is 11.9 Å². The maximum atomic E-state index is 13.9. The van der Waals surface area contributed by atoms with E-state index in [0.717, 1.165) is 45.4 Å². The van der Waals surface area contributed by atoms with E-state index in [4.69, 9.17) is 26.4 Å². The predicted octanol–water partition coefficient (Wildman–Crippen LogP) is 6.43. The Morgan fingerprint density at radius 2 is 1.51 bits per heavy atom. The molecule has 10 heteroatoms. The monoisotopic (exact) mass is 605 g/mol. The number of thioether (sulfide) groups is 2. The summed E-state index contributed by atoms with van der Waals surface area (Å²) < 4.78 is 16.5. The van der Waals surface area contributed by atoms with E-state index in [1.807, 2.05) is 81.4 Å². The van der Waals surface area contributed by atoms with Crippen molar-refractivity contribution < 1.29 is 28.6 Å². The van der Waals surface area contributed by atoms with E-state index in [1.54, 1.807) is 4.90 Å². The molecule has 0 bridgehead atoms. The number of nitrogens with zero attached hydrogens (tertiary/aromatic N) is 1. The van der Waals surface area contributed by atoms with Crippen molar-refractivity contribution in [2.45, 2.75) is 26.3 Å². The topological polar surface area (TPSA) is 82.1 Å². The molecule has 0 aromatic heterocycles. The second-order valence-electron chi connectivity index (χ2n) is 9.89. The molecule has 0 spiro atoms. The first-order valence-corrected chi connectivity index (χ1v) is 14.7. The lowest BCUT2D eigenvalue weighted by Crippen LogP contribution is -2.57. The summed E-state index contributed by atoms with van der Waals surface area (Å²) in [4.78, 5) is 41.4. The number of hydrogen-bond acceptors (Lipinski definition) is 9. The van der Waals surface area contributed by atoms with E-state index in [-0.39, 0.29) is 22.3 Å². The van der Waals surface area contributed by atoms with Crippen LogP contribution in [0.3, 0.4) is 0 Å². The zero-order chi connectivity index (χ0) is 29.5. The summed E-state index contributed by atoms with van der Waals surface area (Å²) in [6, 6.07) is 19.4. The second-order valence-corrected chi connectivity index (χ2v) is 12.6. The van der Waals surface area contributed by atoms with E-state index < -0.39 is 17.5 Å². The van der Waals surface area contributed by atoms with E-state index >= 15 is 0 Å². The third kappa shape index (κ3) is 5.16. The minimum Gasteiger partial charge on any atom is -0.484 e.